The van der Waals surface area contributed by atoms with Gasteiger partial charge in [0.1, 0.15) is 5.75 Å². The van der Waals surface area contributed by atoms with Gasteiger partial charge in [-0.3, -0.25) is 4.79 Å². The zero-order valence-electron chi connectivity index (χ0n) is 12.4. The van der Waals surface area contributed by atoms with Crippen LogP contribution in [0.4, 0.5) is 13.2 Å². The molecule has 2 rings (SSSR count). The van der Waals surface area contributed by atoms with E-state index in [0.717, 1.165) is 15.7 Å². The lowest BCUT2D eigenvalue weighted by atomic mass is 10.1. The number of amides is 1. The Labute approximate surface area is 140 Å². The summed E-state index contributed by atoms with van der Waals surface area (Å²) in [5.74, 6) is -0.0319. The number of carbonyl (C=O) groups is 1. The molecule has 0 atom stereocenters. The van der Waals surface area contributed by atoms with Gasteiger partial charge in [-0.15, -0.1) is 0 Å². The third-order valence-electron chi connectivity index (χ3n) is 3.34. The normalized spacial score (nSPS) is 11.5. The SMILES string of the molecule is CN(CCC(F)(F)F)C(=O)COc1ccc2ccccc2c1Br. The van der Waals surface area contributed by atoms with E-state index in [2.05, 4.69) is 15.9 Å². The minimum absolute atomic E-state index is 0.314. The van der Waals surface area contributed by atoms with Crippen molar-refractivity contribution in [3.05, 3.63) is 40.9 Å². The summed E-state index contributed by atoms with van der Waals surface area (Å²) in [5, 5.41) is 1.95. The van der Waals surface area contributed by atoms with E-state index in [1.807, 2.05) is 30.3 Å². The Hall–Kier alpha value is -1.76. The molecule has 0 aromatic heterocycles. The van der Waals surface area contributed by atoms with Crippen LogP contribution < -0.4 is 4.74 Å². The summed E-state index contributed by atoms with van der Waals surface area (Å²) in [7, 11) is 1.33. The fraction of sp³-hybridized carbons (Fsp3) is 0.312. The maximum atomic E-state index is 12.2. The molecular weight excluding hydrogens is 375 g/mol. The molecule has 0 N–H and O–H groups in total. The summed E-state index contributed by atoms with van der Waals surface area (Å²) in [4.78, 5) is 12.8. The Kier molecular flexibility index (Phi) is 5.51. The number of nitrogens with zero attached hydrogens (tertiary/aromatic N) is 1. The lowest BCUT2D eigenvalue weighted by Crippen LogP contribution is -2.34. The van der Waals surface area contributed by atoms with Crippen LogP contribution in [-0.2, 0) is 4.79 Å². The molecule has 0 aliphatic carbocycles. The van der Waals surface area contributed by atoms with Crippen molar-refractivity contribution < 1.29 is 22.7 Å². The zero-order chi connectivity index (χ0) is 17.0. The average molecular weight is 390 g/mol. The summed E-state index contributed by atoms with van der Waals surface area (Å²) < 4.78 is 42.6. The highest BCUT2D eigenvalue weighted by atomic mass is 79.9. The number of rotatable bonds is 5. The van der Waals surface area contributed by atoms with Gasteiger partial charge in [0.15, 0.2) is 6.61 Å². The Bertz CT molecular complexity index is 703. The highest BCUT2D eigenvalue weighted by Gasteiger charge is 2.28. The molecule has 0 aliphatic heterocycles. The number of fused-ring (bicyclic) bond motifs is 1. The third kappa shape index (κ3) is 4.86. The van der Waals surface area contributed by atoms with Crippen LogP contribution in [0.1, 0.15) is 6.42 Å². The first-order valence-electron chi connectivity index (χ1n) is 6.89. The second kappa shape index (κ2) is 7.21. The Balaban J connectivity index is 1.98. The molecule has 7 heteroatoms. The molecule has 0 bridgehead atoms. The number of benzene rings is 2. The molecule has 3 nitrogen and oxygen atoms in total. The maximum absolute atomic E-state index is 12.2. The van der Waals surface area contributed by atoms with Crippen LogP contribution in [0.3, 0.4) is 0 Å². The maximum Gasteiger partial charge on any atom is 0.390 e. The zero-order valence-corrected chi connectivity index (χ0v) is 13.9. The molecule has 0 saturated heterocycles. The topological polar surface area (TPSA) is 29.5 Å². The van der Waals surface area contributed by atoms with Crippen molar-refractivity contribution in [2.24, 2.45) is 0 Å². The summed E-state index contributed by atoms with van der Waals surface area (Å²) in [6, 6.07) is 11.2. The molecule has 0 radical (unpaired) electrons. The lowest BCUT2D eigenvalue weighted by Gasteiger charge is -2.18. The van der Waals surface area contributed by atoms with E-state index >= 15 is 0 Å². The number of alkyl halides is 3. The number of hydrogen-bond acceptors (Lipinski definition) is 2. The fourth-order valence-electron chi connectivity index (χ4n) is 1.99. The van der Waals surface area contributed by atoms with Crippen molar-refractivity contribution in [2.75, 3.05) is 20.2 Å². The molecule has 2 aromatic carbocycles. The summed E-state index contributed by atoms with van der Waals surface area (Å²) in [6.45, 7) is -0.699. The molecular formula is C16H15BrF3NO2. The number of hydrogen-bond donors (Lipinski definition) is 0. The van der Waals surface area contributed by atoms with Crippen molar-refractivity contribution in [2.45, 2.75) is 12.6 Å². The molecule has 2 aromatic rings. The van der Waals surface area contributed by atoms with Crippen LogP contribution in [0.5, 0.6) is 5.75 Å². The second-order valence-corrected chi connectivity index (χ2v) is 5.86. The molecule has 0 saturated carbocycles. The van der Waals surface area contributed by atoms with Crippen LogP contribution in [0, 0.1) is 0 Å². The van der Waals surface area contributed by atoms with Crippen LogP contribution in [0.15, 0.2) is 40.9 Å². The van der Waals surface area contributed by atoms with Gasteiger partial charge < -0.3 is 9.64 Å². The monoisotopic (exact) mass is 389 g/mol. The van der Waals surface area contributed by atoms with Gasteiger partial charge in [-0.05, 0) is 32.8 Å². The van der Waals surface area contributed by atoms with E-state index in [-0.39, 0.29) is 13.2 Å². The van der Waals surface area contributed by atoms with Gasteiger partial charge in [-0.25, -0.2) is 0 Å². The van der Waals surface area contributed by atoms with Crippen LogP contribution in [0.2, 0.25) is 0 Å². The number of ether oxygens (including phenoxy) is 1. The first-order chi connectivity index (χ1) is 10.8. The van der Waals surface area contributed by atoms with E-state index in [1.54, 1.807) is 6.07 Å². The molecule has 23 heavy (non-hydrogen) atoms. The standard InChI is InChI=1S/C16H15BrF3NO2/c1-21(9-8-16(18,19)20)14(22)10-23-13-7-6-11-4-2-3-5-12(11)15(13)17/h2-7H,8-10H2,1H3. The van der Waals surface area contributed by atoms with Crippen molar-refractivity contribution in [3.63, 3.8) is 0 Å². The van der Waals surface area contributed by atoms with Crippen molar-refractivity contribution >= 4 is 32.6 Å². The molecule has 0 fully saturated rings. The number of halogens is 4. The van der Waals surface area contributed by atoms with Crippen LogP contribution in [-0.4, -0.2) is 37.2 Å². The van der Waals surface area contributed by atoms with Gasteiger partial charge in [0, 0.05) is 13.6 Å². The molecule has 1 amide bonds. The highest BCUT2D eigenvalue weighted by molar-refractivity contribution is 9.10. The van der Waals surface area contributed by atoms with Crippen LogP contribution >= 0.6 is 15.9 Å². The molecule has 0 unspecified atom stereocenters. The summed E-state index contributed by atoms with van der Waals surface area (Å²) >= 11 is 3.43. The molecule has 0 spiro atoms. The van der Waals surface area contributed by atoms with E-state index in [0.29, 0.717) is 10.2 Å². The van der Waals surface area contributed by atoms with E-state index in [4.69, 9.17) is 4.74 Å². The quantitative estimate of drug-likeness (QED) is 0.758. The summed E-state index contributed by atoms with van der Waals surface area (Å²) in [5.41, 5.74) is 0. The Morgan fingerprint density at radius 1 is 1.22 bits per heavy atom. The van der Waals surface area contributed by atoms with Gasteiger partial charge in [0.2, 0.25) is 0 Å². The predicted octanol–water partition coefficient (Wildman–Crippen LogP) is 4.39. The lowest BCUT2D eigenvalue weighted by molar-refractivity contribution is -0.145. The number of likely N-dealkylation sites (N-methyl/N-ethyl adjacent to an activating group) is 1. The van der Waals surface area contributed by atoms with Gasteiger partial charge in [-0.2, -0.15) is 13.2 Å². The Morgan fingerprint density at radius 3 is 2.61 bits per heavy atom. The Morgan fingerprint density at radius 2 is 1.91 bits per heavy atom. The van der Waals surface area contributed by atoms with Gasteiger partial charge in [0.05, 0.1) is 10.9 Å². The third-order valence-corrected chi connectivity index (χ3v) is 4.15. The second-order valence-electron chi connectivity index (χ2n) is 5.07. The van der Waals surface area contributed by atoms with Gasteiger partial charge >= 0.3 is 6.18 Å². The van der Waals surface area contributed by atoms with Crippen molar-refractivity contribution in [1.29, 1.82) is 0 Å². The first kappa shape index (κ1) is 17.6. The van der Waals surface area contributed by atoms with Crippen LogP contribution in [0.25, 0.3) is 10.8 Å². The van der Waals surface area contributed by atoms with Crippen molar-refractivity contribution in [1.82, 2.24) is 4.90 Å². The highest BCUT2D eigenvalue weighted by Crippen LogP contribution is 2.33. The largest absolute Gasteiger partial charge is 0.483 e. The molecule has 0 aliphatic rings. The minimum atomic E-state index is -4.28. The van der Waals surface area contributed by atoms with Gasteiger partial charge in [0.25, 0.3) is 5.91 Å². The fourth-order valence-corrected chi connectivity index (χ4v) is 2.60. The smallest absolute Gasteiger partial charge is 0.390 e. The predicted molar refractivity (Wildman–Crippen MR) is 85.5 cm³/mol. The van der Waals surface area contributed by atoms with Gasteiger partial charge in [-0.1, -0.05) is 30.3 Å². The minimum Gasteiger partial charge on any atom is -0.483 e. The molecule has 124 valence electrons. The van der Waals surface area contributed by atoms with E-state index in [1.165, 1.54) is 7.05 Å². The van der Waals surface area contributed by atoms with E-state index in [9.17, 15) is 18.0 Å². The molecule has 0 heterocycles. The van der Waals surface area contributed by atoms with Crippen molar-refractivity contribution in [3.8, 4) is 5.75 Å². The average Bonchev–Trinajstić information content (AvgIpc) is 2.51. The number of carbonyl (C=O) groups excluding carboxylic acids is 1. The first-order valence-corrected chi connectivity index (χ1v) is 7.68. The summed E-state index contributed by atoms with van der Waals surface area (Å²) in [6.07, 6.45) is -5.31. The van der Waals surface area contributed by atoms with E-state index < -0.39 is 18.5 Å².